The number of carbonyl (C=O) groups excluding carboxylic acids is 1. The second-order valence-electron chi connectivity index (χ2n) is 8.25. The van der Waals surface area contributed by atoms with Crippen LogP contribution in [0.25, 0.3) is 0 Å². The van der Waals surface area contributed by atoms with Gasteiger partial charge in [-0.25, -0.2) is 15.4 Å². The molecular weight excluding hydrogens is 487 g/mol. The number of carbonyl (C=O) groups is 2. The van der Waals surface area contributed by atoms with E-state index in [1.807, 2.05) is 0 Å². The number of aliphatic carboxylic acids is 1. The fourth-order valence-corrected chi connectivity index (χ4v) is 3.49. The van der Waals surface area contributed by atoms with Gasteiger partial charge in [0.15, 0.2) is 23.0 Å². The summed E-state index contributed by atoms with van der Waals surface area (Å²) in [6.45, 7) is 2.70. The first-order chi connectivity index (χ1) is 16.1. The first-order valence-corrected chi connectivity index (χ1v) is 11.5. The lowest BCUT2D eigenvalue weighted by Gasteiger charge is -2.32. The molecule has 0 saturated heterocycles. The summed E-state index contributed by atoms with van der Waals surface area (Å²) in [6, 6.07) is 7.38. The molecule has 0 aliphatic rings. The Balaban J connectivity index is 2.16. The van der Waals surface area contributed by atoms with Crippen molar-refractivity contribution in [2.24, 2.45) is 5.84 Å². The summed E-state index contributed by atoms with van der Waals surface area (Å²) in [5.41, 5.74) is 4.54. The lowest BCUT2D eigenvalue weighted by atomic mass is 9.91. The van der Waals surface area contributed by atoms with E-state index in [4.69, 9.17) is 15.6 Å². The van der Waals surface area contributed by atoms with Crippen molar-refractivity contribution < 1.29 is 48.9 Å². The summed E-state index contributed by atoms with van der Waals surface area (Å²) >= 11 is 0. The molecule has 0 aliphatic carbocycles. The average molecular weight is 514 g/mol. The number of hydrogen-bond acceptors (Lipinski definition) is 10. The van der Waals surface area contributed by atoms with Crippen LogP contribution < -0.4 is 26.6 Å². The number of hydrazine groups is 2. The average Bonchev–Trinajstić information content (AvgIpc) is 2.75. The molecule has 2 aromatic carbocycles. The van der Waals surface area contributed by atoms with E-state index in [1.165, 1.54) is 38.1 Å². The van der Waals surface area contributed by atoms with Crippen LogP contribution in [0.15, 0.2) is 36.4 Å². The molecule has 11 N–H and O–H groups in total. The molecule has 35 heavy (non-hydrogen) atoms. The highest BCUT2D eigenvalue weighted by Gasteiger charge is 2.38. The number of carboxylic acid groups (broad SMARTS) is 1. The Kier molecular flexibility index (Phi) is 8.34. The molecule has 14 nitrogen and oxygen atoms in total. The van der Waals surface area contributed by atoms with Crippen LogP contribution in [0, 0.1) is 0 Å². The highest BCUT2D eigenvalue weighted by atomic mass is 31.2. The van der Waals surface area contributed by atoms with Crippen LogP contribution in [-0.4, -0.2) is 53.2 Å². The van der Waals surface area contributed by atoms with E-state index in [1.54, 1.807) is 0 Å². The zero-order chi connectivity index (χ0) is 26.6. The van der Waals surface area contributed by atoms with E-state index >= 15 is 0 Å². The van der Waals surface area contributed by atoms with E-state index in [0.717, 1.165) is 12.1 Å². The molecule has 0 heterocycles. The minimum absolute atomic E-state index is 0.0382. The van der Waals surface area contributed by atoms with Crippen LogP contribution in [0.2, 0.25) is 0 Å². The number of nitrogens with one attached hydrogen (secondary N) is 3. The van der Waals surface area contributed by atoms with Gasteiger partial charge in [0.05, 0.1) is 0 Å². The molecule has 0 radical (unpaired) electrons. The summed E-state index contributed by atoms with van der Waals surface area (Å²) in [4.78, 5) is 42.5. The molecule has 2 rings (SSSR count). The largest absolute Gasteiger partial charge is 0.524 e. The number of hydrogen-bond donors (Lipinski definition) is 10. The molecule has 2 unspecified atom stereocenters. The Morgan fingerprint density at radius 2 is 1.49 bits per heavy atom. The van der Waals surface area contributed by atoms with Crippen molar-refractivity contribution in [3.05, 3.63) is 47.5 Å². The van der Waals surface area contributed by atoms with Crippen molar-refractivity contribution in [3.63, 3.8) is 0 Å². The van der Waals surface area contributed by atoms with Gasteiger partial charge in [-0.15, -0.1) is 0 Å². The van der Waals surface area contributed by atoms with E-state index in [-0.39, 0.29) is 29.9 Å². The van der Waals surface area contributed by atoms with Gasteiger partial charge in [0.25, 0.3) is 5.91 Å². The summed E-state index contributed by atoms with van der Waals surface area (Å²) in [5, 5.41) is 38.8. The number of phenols is 3. The number of phenolic OH excluding ortho intramolecular Hbond substituents is 3. The maximum Gasteiger partial charge on any atom is 0.524 e. The van der Waals surface area contributed by atoms with Crippen molar-refractivity contribution in [2.75, 3.05) is 0 Å². The van der Waals surface area contributed by atoms with Crippen molar-refractivity contribution in [1.29, 1.82) is 0 Å². The van der Waals surface area contributed by atoms with Crippen molar-refractivity contribution in [2.45, 2.75) is 37.8 Å². The van der Waals surface area contributed by atoms with Gasteiger partial charge in [-0.3, -0.25) is 30.6 Å². The minimum Gasteiger partial charge on any atom is -0.504 e. The predicted molar refractivity (Wildman–Crippen MR) is 121 cm³/mol. The number of carboxylic acids is 1. The van der Waals surface area contributed by atoms with Gasteiger partial charge < -0.3 is 24.9 Å². The number of nitrogens with two attached hydrogens (primary N) is 1. The van der Waals surface area contributed by atoms with Crippen LogP contribution in [0.5, 0.6) is 23.0 Å². The molecule has 2 atom stereocenters. The molecule has 0 fully saturated rings. The Bertz CT molecular complexity index is 1160. The molecule has 0 aromatic heterocycles. The molecule has 2 aromatic rings. The molecule has 1 amide bonds. The van der Waals surface area contributed by atoms with Gasteiger partial charge in [0.2, 0.25) is 0 Å². The van der Waals surface area contributed by atoms with E-state index in [9.17, 15) is 34.6 Å². The number of amides is 1. The van der Waals surface area contributed by atoms with Gasteiger partial charge in [0.1, 0.15) is 11.1 Å². The molecule has 192 valence electrons. The monoisotopic (exact) mass is 514 g/mol. The van der Waals surface area contributed by atoms with Crippen LogP contribution in [0.4, 0.5) is 0 Å². The highest BCUT2D eigenvalue weighted by molar-refractivity contribution is 7.46. The normalized spacial score (nSPS) is 15.0. The maximum atomic E-state index is 12.9. The van der Waals surface area contributed by atoms with Crippen LogP contribution in [0.1, 0.15) is 25.0 Å². The first-order valence-electron chi connectivity index (χ1n) is 9.95. The third-order valence-electron chi connectivity index (χ3n) is 5.14. The molecule has 15 heteroatoms. The topological polar surface area (TPSA) is 244 Å². The Morgan fingerprint density at radius 3 is 1.97 bits per heavy atom. The molecule has 0 aliphatic heterocycles. The van der Waals surface area contributed by atoms with E-state index < -0.39 is 42.3 Å². The lowest BCUT2D eigenvalue weighted by Crippen LogP contribution is -2.66. The van der Waals surface area contributed by atoms with Crippen LogP contribution in [-0.2, 0) is 27.0 Å². The highest BCUT2D eigenvalue weighted by Crippen LogP contribution is 2.41. The number of rotatable bonds is 11. The number of phosphoric acid groups is 1. The van der Waals surface area contributed by atoms with Gasteiger partial charge >= 0.3 is 13.8 Å². The maximum absolute atomic E-state index is 12.9. The Hall–Kier alpha value is -3.39. The Morgan fingerprint density at radius 1 is 0.943 bits per heavy atom. The second kappa shape index (κ2) is 10.5. The SMILES string of the molecule is CC(Cc1ccc(OP(=O)(O)O)c(O)c1)(NNC(=O)C(C)(Cc1ccc(O)c(O)c1)NN)C(=O)O. The van der Waals surface area contributed by atoms with Gasteiger partial charge in [-0.05, 0) is 49.2 Å². The molecule has 0 bridgehead atoms. The van der Waals surface area contributed by atoms with Crippen molar-refractivity contribution in [3.8, 4) is 23.0 Å². The summed E-state index contributed by atoms with van der Waals surface area (Å²) < 4.78 is 15.3. The predicted octanol–water partition coefficient (Wildman–Crippen LogP) is -0.254. The second-order valence-corrected chi connectivity index (χ2v) is 9.42. The molecule has 0 spiro atoms. The summed E-state index contributed by atoms with van der Waals surface area (Å²) in [5.74, 6) is 1.60. The van der Waals surface area contributed by atoms with E-state index in [2.05, 4.69) is 20.8 Å². The Labute approximate surface area is 199 Å². The zero-order valence-corrected chi connectivity index (χ0v) is 19.6. The van der Waals surface area contributed by atoms with Crippen molar-refractivity contribution in [1.82, 2.24) is 16.3 Å². The fourth-order valence-electron chi connectivity index (χ4n) is 3.08. The first kappa shape index (κ1) is 27.9. The molecular formula is C20H27N4O10P. The van der Waals surface area contributed by atoms with E-state index in [0.29, 0.717) is 5.56 Å². The third-order valence-corrected chi connectivity index (χ3v) is 5.57. The van der Waals surface area contributed by atoms with Crippen LogP contribution in [0.3, 0.4) is 0 Å². The minimum atomic E-state index is -4.91. The smallest absolute Gasteiger partial charge is 0.504 e. The number of aromatic hydroxyl groups is 3. The lowest BCUT2D eigenvalue weighted by molar-refractivity contribution is -0.145. The molecule has 0 saturated carbocycles. The van der Waals surface area contributed by atoms with Gasteiger partial charge in [-0.1, -0.05) is 12.1 Å². The van der Waals surface area contributed by atoms with Crippen molar-refractivity contribution >= 4 is 19.7 Å². The van der Waals surface area contributed by atoms with Gasteiger partial charge in [0, 0.05) is 12.8 Å². The number of phosphoric ester groups is 1. The standard InChI is InChI=1S/C20H27N4O10P/c1-19(23-21,9-11-3-5-13(25)14(26)7-11)17(28)22-24-20(2,18(29)30)10-12-4-6-16(15(27)8-12)34-35(31,32)33/h3-8,23-27H,9-10,21H2,1-2H3,(H,22,28)(H,29,30)(H2,31,32,33). The summed E-state index contributed by atoms with van der Waals surface area (Å²) in [7, 11) is -4.91. The van der Waals surface area contributed by atoms with Gasteiger partial charge in [-0.2, -0.15) is 0 Å². The fraction of sp³-hybridized carbons (Fsp3) is 0.300. The van der Waals surface area contributed by atoms with Crippen LogP contribution >= 0.6 is 7.82 Å². The summed E-state index contributed by atoms with van der Waals surface area (Å²) in [6.07, 6.45) is -0.311. The quantitative estimate of drug-likeness (QED) is 0.0805. The number of benzene rings is 2. The third kappa shape index (κ3) is 7.29. The zero-order valence-electron chi connectivity index (χ0n) is 18.7.